The maximum absolute atomic E-state index is 11.3. The van der Waals surface area contributed by atoms with E-state index in [2.05, 4.69) is 21.9 Å². The van der Waals surface area contributed by atoms with Crippen LogP contribution in [0.5, 0.6) is 0 Å². The smallest absolute Gasteiger partial charge is 0.248 e. The van der Waals surface area contributed by atoms with Crippen LogP contribution in [0.15, 0.2) is 23.1 Å². The fraction of sp³-hybridized carbons (Fsp3) is 0.385. The Labute approximate surface area is 99.1 Å². The molecule has 0 bridgehead atoms. The molecule has 4 nitrogen and oxygen atoms in total. The van der Waals surface area contributed by atoms with Crippen LogP contribution in [0.1, 0.15) is 37.1 Å². The van der Waals surface area contributed by atoms with Crippen molar-refractivity contribution in [2.45, 2.75) is 32.1 Å². The molecule has 4 heteroatoms. The summed E-state index contributed by atoms with van der Waals surface area (Å²) in [5, 5.41) is 0. The second kappa shape index (κ2) is 3.87. The van der Waals surface area contributed by atoms with Gasteiger partial charge in [-0.2, -0.15) is 0 Å². The van der Waals surface area contributed by atoms with E-state index in [4.69, 9.17) is 0 Å². The van der Waals surface area contributed by atoms with Crippen LogP contribution in [-0.2, 0) is 6.42 Å². The van der Waals surface area contributed by atoms with Gasteiger partial charge in [-0.3, -0.25) is 4.79 Å². The van der Waals surface area contributed by atoms with E-state index in [-0.39, 0.29) is 5.56 Å². The summed E-state index contributed by atoms with van der Waals surface area (Å²) in [4.78, 5) is 21.9. The predicted octanol–water partition coefficient (Wildman–Crippen LogP) is 2.20. The van der Waals surface area contributed by atoms with Gasteiger partial charge < -0.3 is 9.97 Å². The molecule has 2 N–H and O–H groups in total. The van der Waals surface area contributed by atoms with Crippen molar-refractivity contribution in [3.63, 3.8) is 0 Å². The van der Waals surface area contributed by atoms with Crippen LogP contribution in [0.2, 0.25) is 0 Å². The molecule has 1 aliphatic carbocycles. The van der Waals surface area contributed by atoms with Gasteiger partial charge in [-0.15, -0.1) is 0 Å². The molecular weight excluding hydrogens is 214 g/mol. The van der Waals surface area contributed by atoms with Crippen molar-refractivity contribution >= 4 is 0 Å². The third kappa shape index (κ3) is 1.79. The van der Waals surface area contributed by atoms with Gasteiger partial charge in [-0.05, 0) is 25.3 Å². The molecule has 0 amide bonds. The summed E-state index contributed by atoms with van der Waals surface area (Å²) < 4.78 is 0. The summed E-state index contributed by atoms with van der Waals surface area (Å²) in [6.07, 6.45) is 5.14. The monoisotopic (exact) mass is 229 g/mol. The van der Waals surface area contributed by atoms with Gasteiger partial charge in [0.25, 0.3) is 0 Å². The zero-order valence-corrected chi connectivity index (χ0v) is 9.79. The highest BCUT2D eigenvalue weighted by Crippen LogP contribution is 2.31. The third-order valence-corrected chi connectivity index (χ3v) is 3.39. The molecule has 2 aromatic rings. The van der Waals surface area contributed by atoms with E-state index in [0.29, 0.717) is 5.92 Å². The lowest BCUT2D eigenvalue weighted by molar-refractivity contribution is 0.574. The Bertz CT molecular complexity index is 597. The molecule has 17 heavy (non-hydrogen) atoms. The number of nitrogens with one attached hydrogen (secondary N) is 2. The molecule has 0 saturated carbocycles. The molecule has 0 spiro atoms. The number of fused-ring (bicyclic) bond motifs is 1. The first kappa shape index (κ1) is 10.3. The fourth-order valence-corrected chi connectivity index (χ4v) is 2.47. The lowest BCUT2D eigenvalue weighted by atomic mass is 9.92. The van der Waals surface area contributed by atoms with Crippen molar-refractivity contribution in [3.05, 3.63) is 40.1 Å². The highest BCUT2D eigenvalue weighted by molar-refractivity contribution is 5.55. The van der Waals surface area contributed by atoms with E-state index in [1.807, 2.05) is 6.07 Å². The van der Waals surface area contributed by atoms with Gasteiger partial charge in [0.15, 0.2) is 0 Å². The topological polar surface area (TPSA) is 61.5 Å². The van der Waals surface area contributed by atoms with Gasteiger partial charge in [-0.25, -0.2) is 4.98 Å². The van der Waals surface area contributed by atoms with Crippen molar-refractivity contribution in [1.29, 1.82) is 0 Å². The SMILES string of the molecule is CC1CCCc2[nH]c(-c3cc[nH]c(=O)c3)nc21. The summed E-state index contributed by atoms with van der Waals surface area (Å²) in [7, 11) is 0. The Morgan fingerprint density at radius 1 is 1.47 bits per heavy atom. The van der Waals surface area contributed by atoms with E-state index in [1.54, 1.807) is 12.3 Å². The molecule has 88 valence electrons. The number of hydrogen-bond acceptors (Lipinski definition) is 2. The second-order valence-electron chi connectivity index (χ2n) is 4.68. The minimum atomic E-state index is -0.0927. The Kier molecular flexibility index (Phi) is 2.35. The van der Waals surface area contributed by atoms with E-state index in [0.717, 1.165) is 17.8 Å². The largest absolute Gasteiger partial charge is 0.342 e. The predicted molar refractivity (Wildman–Crippen MR) is 66.0 cm³/mol. The van der Waals surface area contributed by atoms with Crippen molar-refractivity contribution < 1.29 is 0 Å². The molecule has 3 rings (SSSR count). The number of imidazole rings is 1. The first-order chi connectivity index (χ1) is 8.24. The van der Waals surface area contributed by atoms with Crippen LogP contribution in [0.4, 0.5) is 0 Å². The zero-order valence-electron chi connectivity index (χ0n) is 9.79. The summed E-state index contributed by atoms with van der Waals surface area (Å²) in [6.45, 7) is 2.21. The third-order valence-electron chi connectivity index (χ3n) is 3.39. The number of hydrogen-bond donors (Lipinski definition) is 2. The lowest BCUT2D eigenvalue weighted by Gasteiger charge is -2.15. The summed E-state index contributed by atoms with van der Waals surface area (Å²) in [5.41, 5.74) is 3.17. The highest BCUT2D eigenvalue weighted by Gasteiger charge is 2.21. The van der Waals surface area contributed by atoms with Crippen molar-refractivity contribution in [2.24, 2.45) is 0 Å². The van der Waals surface area contributed by atoms with Crippen LogP contribution >= 0.6 is 0 Å². The zero-order chi connectivity index (χ0) is 11.8. The van der Waals surface area contributed by atoms with E-state index in [9.17, 15) is 4.79 Å². The van der Waals surface area contributed by atoms with E-state index < -0.39 is 0 Å². The standard InChI is InChI=1S/C13H15N3O/c1-8-3-2-4-10-12(8)16-13(15-10)9-5-6-14-11(17)7-9/h5-8H,2-4H2,1H3,(H,14,17)(H,15,16). The molecule has 0 radical (unpaired) electrons. The van der Waals surface area contributed by atoms with Crippen LogP contribution in [0, 0.1) is 0 Å². The molecule has 0 saturated heterocycles. The molecular formula is C13H15N3O. The van der Waals surface area contributed by atoms with Gasteiger partial charge >= 0.3 is 0 Å². The van der Waals surface area contributed by atoms with E-state index >= 15 is 0 Å². The molecule has 0 aliphatic heterocycles. The molecule has 2 heterocycles. The number of H-pyrrole nitrogens is 2. The number of rotatable bonds is 1. The average molecular weight is 229 g/mol. The van der Waals surface area contributed by atoms with Crippen LogP contribution in [-0.4, -0.2) is 15.0 Å². The fourth-order valence-electron chi connectivity index (χ4n) is 2.47. The van der Waals surface area contributed by atoms with Gasteiger partial charge in [0.05, 0.1) is 5.69 Å². The maximum atomic E-state index is 11.3. The van der Waals surface area contributed by atoms with Gasteiger partial charge in [0.2, 0.25) is 5.56 Å². The summed E-state index contributed by atoms with van der Waals surface area (Å²) >= 11 is 0. The normalized spacial score (nSPS) is 19.0. The second-order valence-corrected chi connectivity index (χ2v) is 4.68. The Morgan fingerprint density at radius 3 is 3.12 bits per heavy atom. The first-order valence-electron chi connectivity index (χ1n) is 6.02. The first-order valence-corrected chi connectivity index (χ1v) is 6.02. The van der Waals surface area contributed by atoms with Crippen molar-refractivity contribution in [3.8, 4) is 11.4 Å². The quantitative estimate of drug-likeness (QED) is 0.787. The number of aromatic amines is 2. The highest BCUT2D eigenvalue weighted by atomic mass is 16.1. The van der Waals surface area contributed by atoms with Crippen LogP contribution < -0.4 is 5.56 Å². The number of aryl methyl sites for hydroxylation is 1. The number of pyridine rings is 1. The van der Waals surface area contributed by atoms with Gasteiger partial charge in [0, 0.05) is 29.4 Å². The number of aromatic nitrogens is 3. The maximum Gasteiger partial charge on any atom is 0.248 e. The molecule has 0 fully saturated rings. The lowest BCUT2D eigenvalue weighted by Crippen LogP contribution is -2.05. The Hall–Kier alpha value is -1.84. The molecule has 0 aromatic carbocycles. The molecule has 1 aliphatic rings. The number of nitrogens with zero attached hydrogens (tertiary/aromatic N) is 1. The van der Waals surface area contributed by atoms with Crippen LogP contribution in [0.3, 0.4) is 0 Å². The van der Waals surface area contributed by atoms with Gasteiger partial charge in [0.1, 0.15) is 5.82 Å². The minimum absolute atomic E-state index is 0.0927. The Balaban J connectivity index is 2.08. The average Bonchev–Trinajstić information content (AvgIpc) is 2.74. The van der Waals surface area contributed by atoms with Gasteiger partial charge in [-0.1, -0.05) is 6.92 Å². The molecule has 1 unspecified atom stereocenters. The van der Waals surface area contributed by atoms with Crippen molar-refractivity contribution in [2.75, 3.05) is 0 Å². The summed E-state index contributed by atoms with van der Waals surface area (Å²) in [5.74, 6) is 1.33. The van der Waals surface area contributed by atoms with E-state index in [1.165, 1.54) is 24.2 Å². The summed E-state index contributed by atoms with van der Waals surface area (Å²) in [6, 6.07) is 3.45. The van der Waals surface area contributed by atoms with Crippen LogP contribution in [0.25, 0.3) is 11.4 Å². The molecule has 2 aromatic heterocycles. The Morgan fingerprint density at radius 2 is 2.35 bits per heavy atom. The molecule has 1 atom stereocenters. The minimum Gasteiger partial charge on any atom is -0.342 e. The van der Waals surface area contributed by atoms with Crippen molar-refractivity contribution in [1.82, 2.24) is 15.0 Å².